The maximum absolute atomic E-state index is 12.8. The summed E-state index contributed by atoms with van der Waals surface area (Å²) in [7, 11) is 1.58. The van der Waals surface area contributed by atoms with Gasteiger partial charge in [-0.05, 0) is 48.4 Å². The highest BCUT2D eigenvalue weighted by Crippen LogP contribution is 2.35. The van der Waals surface area contributed by atoms with Crippen molar-refractivity contribution in [2.45, 2.75) is 19.5 Å². The van der Waals surface area contributed by atoms with Crippen LogP contribution in [0.4, 0.5) is 0 Å². The van der Waals surface area contributed by atoms with Crippen molar-refractivity contribution in [3.8, 4) is 0 Å². The Morgan fingerprint density at radius 2 is 2.04 bits per heavy atom. The molecular formula is C19H17N3O4. The van der Waals surface area contributed by atoms with Crippen LogP contribution in [0.25, 0.3) is 11.1 Å². The third-order valence-corrected chi connectivity index (χ3v) is 4.79. The molecule has 2 heterocycles. The largest absolute Gasteiger partial charge is 0.417 e. The summed E-state index contributed by atoms with van der Waals surface area (Å²) in [5.74, 6) is -0.762. The Morgan fingerprint density at radius 1 is 1.23 bits per heavy atom. The summed E-state index contributed by atoms with van der Waals surface area (Å²) in [5.41, 5.74) is 3.93. The number of oxazole rings is 1. The lowest BCUT2D eigenvalue weighted by atomic mass is 10.0. The Labute approximate surface area is 148 Å². The molecule has 0 radical (unpaired) electrons. The zero-order chi connectivity index (χ0) is 18.4. The average Bonchev–Trinajstić information content (AvgIpc) is 3.12. The summed E-state index contributed by atoms with van der Waals surface area (Å²) < 4.78 is 5.08. The van der Waals surface area contributed by atoms with Crippen LogP contribution in [-0.4, -0.2) is 28.7 Å². The molecule has 2 aromatic carbocycles. The fourth-order valence-corrected chi connectivity index (χ4v) is 3.38. The van der Waals surface area contributed by atoms with Gasteiger partial charge in [0, 0.05) is 24.7 Å². The second-order valence-electron chi connectivity index (χ2n) is 6.34. The Kier molecular flexibility index (Phi) is 3.64. The number of benzene rings is 2. The first kappa shape index (κ1) is 16.1. The number of nitrogens with one attached hydrogen (secondary N) is 2. The summed E-state index contributed by atoms with van der Waals surface area (Å²) in [6, 6.07) is 10.3. The topological polar surface area (TPSA) is 95.4 Å². The number of nitrogens with zero attached hydrogens (tertiary/aromatic N) is 1. The molecule has 132 valence electrons. The van der Waals surface area contributed by atoms with Crippen LogP contribution in [0.5, 0.6) is 0 Å². The van der Waals surface area contributed by atoms with Gasteiger partial charge in [0.05, 0.1) is 11.6 Å². The zero-order valence-electron chi connectivity index (χ0n) is 14.3. The summed E-state index contributed by atoms with van der Waals surface area (Å²) >= 11 is 0. The summed E-state index contributed by atoms with van der Waals surface area (Å²) in [5, 5.41) is 2.59. The van der Waals surface area contributed by atoms with Crippen molar-refractivity contribution >= 4 is 22.9 Å². The van der Waals surface area contributed by atoms with Gasteiger partial charge in [0.15, 0.2) is 5.58 Å². The highest BCUT2D eigenvalue weighted by Gasteiger charge is 2.34. The van der Waals surface area contributed by atoms with Crippen molar-refractivity contribution in [1.82, 2.24) is 15.2 Å². The van der Waals surface area contributed by atoms with E-state index in [0.717, 1.165) is 11.1 Å². The molecule has 2 amide bonds. The maximum atomic E-state index is 12.8. The summed E-state index contributed by atoms with van der Waals surface area (Å²) in [4.78, 5) is 40.3. The molecule has 0 fully saturated rings. The average molecular weight is 351 g/mol. The number of fused-ring (bicyclic) bond motifs is 2. The predicted molar refractivity (Wildman–Crippen MR) is 95.0 cm³/mol. The van der Waals surface area contributed by atoms with Gasteiger partial charge in [0.25, 0.3) is 11.8 Å². The minimum absolute atomic E-state index is 0.0772. The lowest BCUT2D eigenvalue weighted by Gasteiger charge is -2.22. The third-order valence-electron chi connectivity index (χ3n) is 4.79. The van der Waals surface area contributed by atoms with E-state index >= 15 is 0 Å². The number of carbonyl (C=O) groups excluding carboxylic acids is 2. The quantitative estimate of drug-likeness (QED) is 0.756. The van der Waals surface area contributed by atoms with Gasteiger partial charge in [0.2, 0.25) is 0 Å². The van der Waals surface area contributed by atoms with Crippen molar-refractivity contribution in [2.24, 2.45) is 0 Å². The van der Waals surface area contributed by atoms with Crippen LogP contribution < -0.4 is 11.1 Å². The SMILES string of the molecule is CNC(=O)c1ccc2c(c1)C(C)N(Cc1ccc3[nH]c(=O)oc3c1)C2=O. The minimum Gasteiger partial charge on any atom is -0.408 e. The van der Waals surface area contributed by atoms with Crippen LogP contribution in [0.1, 0.15) is 44.8 Å². The molecule has 0 bridgehead atoms. The fourth-order valence-electron chi connectivity index (χ4n) is 3.38. The molecule has 0 saturated carbocycles. The Morgan fingerprint density at radius 3 is 2.81 bits per heavy atom. The Hall–Kier alpha value is -3.35. The molecule has 1 unspecified atom stereocenters. The molecule has 3 aromatic rings. The fraction of sp³-hybridized carbons (Fsp3) is 0.211. The van der Waals surface area contributed by atoms with E-state index in [-0.39, 0.29) is 17.9 Å². The van der Waals surface area contributed by atoms with E-state index in [9.17, 15) is 14.4 Å². The van der Waals surface area contributed by atoms with Crippen LogP contribution >= 0.6 is 0 Å². The molecule has 7 nitrogen and oxygen atoms in total. The number of aromatic nitrogens is 1. The van der Waals surface area contributed by atoms with E-state index in [2.05, 4.69) is 10.3 Å². The standard InChI is InChI=1S/C19H17N3O4/c1-10-14-8-12(17(23)20-2)4-5-13(14)18(24)22(10)9-11-3-6-15-16(7-11)26-19(25)21-15/h3-8,10H,9H2,1-2H3,(H,20,23)(H,21,25). The maximum Gasteiger partial charge on any atom is 0.417 e. The van der Waals surface area contributed by atoms with Crippen molar-refractivity contribution in [2.75, 3.05) is 7.05 Å². The van der Waals surface area contributed by atoms with Gasteiger partial charge in [-0.2, -0.15) is 0 Å². The Balaban J connectivity index is 1.65. The molecule has 1 aliphatic heterocycles. The normalized spacial score (nSPS) is 16.2. The molecule has 26 heavy (non-hydrogen) atoms. The lowest BCUT2D eigenvalue weighted by Crippen LogP contribution is -2.26. The highest BCUT2D eigenvalue weighted by atomic mass is 16.4. The molecule has 2 N–H and O–H groups in total. The lowest BCUT2D eigenvalue weighted by molar-refractivity contribution is 0.0723. The van der Waals surface area contributed by atoms with Crippen LogP contribution in [0.15, 0.2) is 45.6 Å². The Bertz CT molecular complexity index is 1100. The van der Waals surface area contributed by atoms with Gasteiger partial charge in [-0.3, -0.25) is 14.6 Å². The van der Waals surface area contributed by atoms with Crippen LogP contribution in [-0.2, 0) is 6.54 Å². The first-order valence-electron chi connectivity index (χ1n) is 8.26. The van der Waals surface area contributed by atoms with Gasteiger partial charge in [-0.1, -0.05) is 6.07 Å². The highest BCUT2D eigenvalue weighted by molar-refractivity contribution is 6.01. The second kappa shape index (κ2) is 5.87. The smallest absolute Gasteiger partial charge is 0.408 e. The first-order valence-corrected chi connectivity index (χ1v) is 8.26. The second-order valence-corrected chi connectivity index (χ2v) is 6.34. The van der Waals surface area contributed by atoms with E-state index in [1.165, 1.54) is 0 Å². The zero-order valence-corrected chi connectivity index (χ0v) is 14.3. The number of carbonyl (C=O) groups is 2. The van der Waals surface area contributed by atoms with Crippen molar-refractivity contribution in [1.29, 1.82) is 0 Å². The van der Waals surface area contributed by atoms with E-state index < -0.39 is 5.76 Å². The van der Waals surface area contributed by atoms with E-state index in [1.54, 1.807) is 42.3 Å². The van der Waals surface area contributed by atoms with Gasteiger partial charge in [-0.25, -0.2) is 4.79 Å². The molecule has 0 saturated heterocycles. The van der Waals surface area contributed by atoms with Crippen LogP contribution in [0, 0.1) is 0 Å². The molecule has 1 atom stereocenters. The van der Waals surface area contributed by atoms with E-state index in [4.69, 9.17) is 4.42 Å². The van der Waals surface area contributed by atoms with Gasteiger partial charge < -0.3 is 14.6 Å². The monoisotopic (exact) mass is 351 g/mol. The van der Waals surface area contributed by atoms with Crippen LogP contribution in [0.3, 0.4) is 0 Å². The van der Waals surface area contributed by atoms with Crippen molar-refractivity contribution in [3.63, 3.8) is 0 Å². The number of rotatable bonds is 3. The predicted octanol–water partition coefficient (Wildman–Crippen LogP) is 2.20. The molecule has 7 heteroatoms. The van der Waals surface area contributed by atoms with Gasteiger partial charge in [-0.15, -0.1) is 0 Å². The molecule has 1 aromatic heterocycles. The summed E-state index contributed by atoms with van der Waals surface area (Å²) in [6.07, 6.45) is 0. The molecule has 4 rings (SSSR count). The van der Waals surface area contributed by atoms with E-state index in [0.29, 0.717) is 28.8 Å². The molecule has 1 aliphatic rings. The number of hydrogen-bond donors (Lipinski definition) is 2. The van der Waals surface area contributed by atoms with Crippen molar-refractivity contribution < 1.29 is 14.0 Å². The summed E-state index contributed by atoms with van der Waals surface area (Å²) in [6.45, 7) is 2.32. The first-order chi connectivity index (χ1) is 12.5. The number of amides is 2. The molecule has 0 aliphatic carbocycles. The number of H-pyrrole nitrogens is 1. The minimum atomic E-state index is -0.503. The van der Waals surface area contributed by atoms with E-state index in [1.807, 2.05) is 13.0 Å². The molecule has 0 spiro atoms. The third kappa shape index (κ3) is 2.48. The number of aromatic amines is 1. The van der Waals surface area contributed by atoms with Gasteiger partial charge in [0.1, 0.15) is 0 Å². The van der Waals surface area contributed by atoms with Gasteiger partial charge >= 0.3 is 5.76 Å². The molecular weight excluding hydrogens is 334 g/mol. The van der Waals surface area contributed by atoms with Crippen molar-refractivity contribution in [3.05, 3.63) is 69.2 Å². The van der Waals surface area contributed by atoms with Crippen LogP contribution in [0.2, 0.25) is 0 Å². The number of hydrogen-bond acceptors (Lipinski definition) is 4.